The Labute approximate surface area is 159 Å². The van der Waals surface area contributed by atoms with Crippen LogP contribution in [0.2, 0.25) is 5.02 Å². The van der Waals surface area contributed by atoms with E-state index in [1.165, 1.54) is 11.0 Å². The highest BCUT2D eigenvalue weighted by Gasteiger charge is 2.13. The van der Waals surface area contributed by atoms with E-state index in [0.29, 0.717) is 23.1 Å². The lowest BCUT2D eigenvalue weighted by Gasteiger charge is -2.16. The SMILES string of the molecule is CN(Cc1ccc(-c2ccc(Cl)cc2)o1)C(=O)CCn1[nH]c(=O)ccc1=O. The second-order valence-corrected chi connectivity index (χ2v) is 6.51. The van der Waals surface area contributed by atoms with E-state index in [1.807, 2.05) is 24.3 Å². The summed E-state index contributed by atoms with van der Waals surface area (Å²) in [4.78, 5) is 36.7. The summed E-state index contributed by atoms with van der Waals surface area (Å²) >= 11 is 5.88. The molecule has 3 rings (SSSR count). The number of hydrogen-bond donors (Lipinski definition) is 1. The number of rotatable bonds is 6. The molecule has 0 unspecified atom stereocenters. The number of aryl methyl sites for hydroxylation is 1. The monoisotopic (exact) mass is 387 g/mol. The molecule has 2 heterocycles. The average Bonchev–Trinajstić information content (AvgIpc) is 3.11. The van der Waals surface area contributed by atoms with Gasteiger partial charge in [-0.2, -0.15) is 0 Å². The van der Waals surface area contributed by atoms with E-state index in [-0.39, 0.29) is 30.0 Å². The summed E-state index contributed by atoms with van der Waals surface area (Å²) in [5, 5.41) is 3.04. The Balaban J connectivity index is 1.60. The van der Waals surface area contributed by atoms with Crippen LogP contribution < -0.4 is 11.1 Å². The van der Waals surface area contributed by atoms with Crippen molar-refractivity contribution in [3.8, 4) is 11.3 Å². The third-order valence-corrected chi connectivity index (χ3v) is 4.30. The predicted octanol–water partition coefficient (Wildman–Crippen LogP) is 2.50. The molecule has 0 aliphatic heterocycles. The molecule has 0 saturated carbocycles. The van der Waals surface area contributed by atoms with Crippen LogP contribution in [-0.2, 0) is 17.9 Å². The molecule has 27 heavy (non-hydrogen) atoms. The molecule has 0 saturated heterocycles. The van der Waals surface area contributed by atoms with E-state index in [2.05, 4.69) is 5.10 Å². The van der Waals surface area contributed by atoms with Gasteiger partial charge >= 0.3 is 0 Å². The van der Waals surface area contributed by atoms with Crippen molar-refractivity contribution in [1.82, 2.24) is 14.7 Å². The van der Waals surface area contributed by atoms with Crippen LogP contribution in [0.15, 0.2) is 62.5 Å². The van der Waals surface area contributed by atoms with Crippen LogP contribution in [0.5, 0.6) is 0 Å². The van der Waals surface area contributed by atoms with Crippen molar-refractivity contribution in [2.75, 3.05) is 7.05 Å². The summed E-state index contributed by atoms with van der Waals surface area (Å²) < 4.78 is 6.91. The van der Waals surface area contributed by atoms with Gasteiger partial charge in [0.1, 0.15) is 11.5 Å². The molecule has 0 bridgehead atoms. The molecule has 3 aromatic rings. The fourth-order valence-electron chi connectivity index (χ4n) is 2.58. The van der Waals surface area contributed by atoms with Gasteiger partial charge in [-0.05, 0) is 36.4 Å². The van der Waals surface area contributed by atoms with Gasteiger partial charge in [-0.1, -0.05) is 11.6 Å². The summed E-state index contributed by atoms with van der Waals surface area (Å²) in [5.74, 6) is 1.16. The average molecular weight is 388 g/mol. The van der Waals surface area contributed by atoms with Gasteiger partial charge in [0.25, 0.3) is 11.1 Å². The number of halogens is 1. The molecule has 1 aromatic carbocycles. The molecule has 140 valence electrons. The zero-order valence-electron chi connectivity index (χ0n) is 14.6. The minimum absolute atomic E-state index is 0.0844. The van der Waals surface area contributed by atoms with Crippen LogP contribution >= 0.6 is 11.6 Å². The molecule has 0 radical (unpaired) electrons. The van der Waals surface area contributed by atoms with Crippen LogP contribution in [0, 0.1) is 0 Å². The first-order valence-electron chi connectivity index (χ1n) is 8.31. The zero-order valence-corrected chi connectivity index (χ0v) is 15.4. The van der Waals surface area contributed by atoms with Crippen molar-refractivity contribution in [3.63, 3.8) is 0 Å². The number of furan rings is 1. The molecule has 0 fully saturated rings. The molecule has 0 aliphatic rings. The van der Waals surface area contributed by atoms with E-state index in [4.69, 9.17) is 16.0 Å². The van der Waals surface area contributed by atoms with E-state index < -0.39 is 0 Å². The molecule has 2 aromatic heterocycles. The number of carbonyl (C=O) groups is 1. The van der Waals surface area contributed by atoms with Crippen molar-refractivity contribution < 1.29 is 9.21 Å². The lowest BCUT2D eigenvalue weighted by Crippen LogP contribution is -2.32. The summed E-state index contributed by atoms with van der Waals surface area (Å²) in [5.41, 5.74) is 0.149. The van der Waals surface area contributed by atoms with Gasteiger partial charge in [0.2, 0.25) is 5.91 Å². The summed E-state index contributed by atoms with van der Waals surface area (Å²) in [6, 6.07) is 13.3. The molecule has 0 atom stereocenters. The predicted molar refractivity (Wildman–Crippen MR) is 102 cm³/mol. The normalized spacial score (nSPS) is 10.7. The third-order valence-electron chi connectivity index (χ3n) is 4.05. The van der Waals surface area contributed by atoms with E-state index >= 15 is 0 Å². The number of amides is 1. The van der Waals surface area contributed by atoms with Crippen LogP contribution in [0.25, 0.3) is 11.3 Å². The zero-order chi connectivity index (χ0) is 19.4. The lowest BCUT2D eigenvalue weighted by molar-refractivity contribution is -0.130. The first kappa shape index (κ1) is 18.7. The molecule has 8 heteroatoms. The van der Waals surface area contributed by atoms with Crippen molar-refractivity contribution in [2.24, 2.45) is 0 Å². The van der Waals surface area contributed by atoms with Gasteiger partial charge < -0.3 is 9.32 Å². The number of nitrogens with one attached hydrogen (secondary N) is 1. The van der Waals surface area contributed by atoms with Gasteiger partial charge in [0.05, 0.1) is 13.1 Å². The minimum Gasteiger partial charge on any atom is -0.459 e. The number of benzene rings is 1. The van der Waals surface area contributed by atoms with E-state index in [1.54, 1.807) is 19.2 Å². The van der Waals surface area contributed by atoms with Crippen molar-refractivity contribution in [2.45, 2.75) is 19.5 Å². The Morgan fingerprint density at radius 1 is 1.11 bits per heavy atom. The highest BCUT2D eigenvalue weighted by atomic mass is 35.5. The molecule has 0 aliphatic carbocycles. The number of nitrogens with zero attached hydrogens (tertiary/aromatic N) is 2. The van der Waals surface area contributed by atoms with Crippen LogP contribution in [0.3, 0.4) is 0 Å². The highest BCUT2D eigenvalue weighted by molar-refractivity contribution is 6.30. The van der Waals surface area contributed by atoms with E-state index in [0.717, 1.165) is 16.3 Å². The Hall–Kier alpha value is -3.06. The van der Waals surface area contributed by atoms with Crippen molar-refractivity contribution in [3.05, 3.63) is 80.0 Å². The molecule has 1 amide bonds. The fraction of sp³-hybridized carbons (Fsp3) is 0.211. The number of hydrogen-bond acceptors (Lipinski definition) is 4. The number of carbonyl (C=O) groups excluding carboxylic acids is 1. The maximum absolute atomic E-state index is 12.3. The van der Waals surface area contributed by atoms with Crippen LogP contribution in [-0.4, -0.2) is 27.6 Å². The van der Waals surface area contributed by atoms with Gasteiger partial charge in [0.15, 0.2) is 0 Å². The molecular formula is C19H18ClN3O4. The largest absolute Gasteiger partial charge is 0.459 e. The van der Waals surface area contributed by atoms with Gasteiger partial charge in [0, 0.05) is 36.2 Å². The number of H-pyrrole nitrogens is 1. The van der Waals surface area contributed by atoms with Crippen molar-refractivity contribution in [1.29, 1.82) is 0 Å². The Morgan fingerprint density at radius 2 is 1.85 bits per heavy atom. The summed E-state index contributed by atoms with van der Waals surface area (Å²) in [7, 11) is 1.66. The first-order chi connectivity index (χ1) is 12.9. The van der Waals surface area contributed by atoms with E-state index in [9.17, 15) is 14.4 Å². The van der Waals surface area contributed by atoms with Crippen molar-refractivity contribution >= 4 is 17.5 Å². The van der Waals surface area contributed by atoms with Gasteiger partial charge in [-0.15, -0.1) is 0 Å². The Bertz CT molecular complexity index is 1050. The molecule has 0 spiro atoms. The van der Waals surface area contributed by atoms with Gasteiger partial charge in [-0.25, -0.2) is 4.68 Å². The topological polar surface area (TPSA) is 88.3 Å². The minimum atomic E-state index is -0.388. The summed E-state index contributed by atoms with van der Waals surface area (Å²) in [6.07, 6.45) is 0.0844. The quantitative estimate of drug-likeness (QED) is 0.703. The standard InChI is InChI=1S/C19H18ClN3O4/c1-22(18(25)10-11-23-19(26)9-8-17(24)21-23)12-15-6-7-16(27-15)13-2-4-14(20)5-3-13/h2-9H,10-12H2,1H3,(H,21,24). The number of aromatic amines is 1. The van der Waals surface area contributed by atoms with Crippen LogP contribution in [0.1, 0.15) is 12.2 Å². The Kier molecular flexibility index (Phi) is 5.61. The lowest BCUT2D eigenvalue weighted by atomic mass is 10.2. The molecule has 1 N–H and O–H groups in total. The molecular weight excluding hydrogens is 370 g/mol. The maximum atomic E-state index is 12.3. The second-order valence-electron chi connectivity index (χ2n) is 6.07. The third kappa shape index (κ3) is 4.77. The van der Waals surface area contributed by atoms with Gasteiger partial charge in [-0.3, -0.25) is 19.5 Å². The highest BCUT2D eigenvalue weighted by Crippen LogP contribution is 2.24. The summed E-state index contributed by atoms with van der Waals surface area (Å²) in [6.45, 7) is 0.402. The smallest absolute Gasteiger partial charge is 0.265 e. The second kappa shape index (κ2) is 8.09. The van der Waals surface area contributed by atoms with Crippen LogP contribution in [0.4, 0.5) is 0 Å². The maximum Gasteiger partial charge on any atom is 0.265 e. The molecule has 7 nitrogen and oxygen atoms in total. The Morgan fingerprint density at radius 3 is 2.59 bits per heavy atom. The number of aromatic nitrogens is 2. The first-order valence-corrected chi connectivity index (χ1v) is 8.69. The fourth-order valence-corrected chi connectivity index (χ4v) is 2.71.